The van der Waals surface area contributed by atoms with E-state index in [0.717, 1.165) is 25.9 Å². The summed E-state index contributed by atoms with van der Waals surface area (Å²) in [6, 6.07) is 4.56. The van der Waals surface area contributed by atoms with Gasteiger partial charge >= 0.3 is 0 Å². The van der Waals surface area contributed by atoms with Crippen LogP contribution in [0.2, 0.25) is 0 Å². The summed E-state index contributed by atoms with van der Waals surface area (Å²) < 4.78 is 19.7. The van der Waals surface area contributed by atoms with Crippen LogP contribution in [0.25, 0.3) is 0 Å². The largest absolute Gasteiger partial charge is 0.463 e. The highest BCUT2D eigenvalue weighted by Crippen LogP contribution is 2.66. The summed E-state index contributed by atoms with van der Waals surface area (Å²) in [5.74, 6) is 1.72. The molecule has 3 aliphatic rings. The number of amides is 1. The molecule has 1 saturated carbocycles. The Labute approximate surface area is 212 Å². The fourth-order valence-corrected chi connectivity index (χ4v) is 6.69. The number of halogens is 1. The highest BCUT2D eigenvalue weighted by Gasteiger charge is 2.71. The molecular formula is C26H26FN5O3S. The predicted octanol–water partition coefficient (Wildman–Crippen LogP) is 2.71. The fraction of sp³-hybridized carbons (Fsp3) is 0.423. The van der Waals surface area contributed by atoms with Gasteiger partial charge in [0.05, 0.1) is 17.9 Å². The summed E-state index contributed by atoms with van der Waals surface area (Å²) >= 11 is 1.30. The number of ketones is 1. The maximum Gasteiger partial charge on any atom is 0.239 e. The van der Waals surface area contributed by atoms with Gasteiger partial charge in [0, 0.05) is 31.0 Å². The van der Waals surface area contributed by atoms with Crippen LogP contribution in [0.15, 0.2) is 35.6 Å². The van der Waals surface area contributed by atoms with E-state index in [0.29, 0.717) is 17.5 Å². The van der Waals surface area contributed by atoms with Gasteiger partial charge in [-0.15, -0.1) is 6.42 Å². The minimum absolute atomic E-state index is 0.000929. The van der Waals surface area contributed by atoms with Gasteiger partial charge in [-0.05, 0) is 43.9 Å². The number of hydrogen-bond acceptors (Lipinski definition) is 8. The summed E-state index contributed by atoms with van der Waals surface area (Å²) in [6.07, 6.45) is 10.4. The Kier molecular flexibility index (Phi) is 6.20. The maximum atomic E-state index is 15.2. The Hall–Kier alpha value is -3.45. The standard InChI is InChI=1S/C26H26FN5O3S/c1-3-10-35-22-15-29-19(14-30-22)20(33)12-16-6-7-18(27)17(11-16)25(2)21-13-26(21,36-24(28)31-25)23(34)32-8-4-5-9-32/h1,6-7,11,14-15,21H,4-5,8-10,12-13H2,2H3,(H2,28,31)/t21-,25+,26-/m0/s1. The number of nitrogens with two attached hydrogens (primary N) is 1. The van der Waals surface area contributed by atoms with Crippen molar-refractivity contribution >= 4 is 28.6 Å². The first-order chi connectivity index (χ1) is 17.3. The van der Waals surface area contributed by atoms with Crippen molar-refractivity contribution in [1.29, 1.82) is 0 Å². The molecule has 36 heavy (non-hydrogen) atoms. The number of nitrogens with zero attached hydrogens (tertiary/aromatic N) is 4. The summed E-state index contributed by atoms with van der Waals surface area (Å²) in [6.45, 7) is 3.37. The van der Waals surface area contributed by atoms with Gasteiger partial charge in [0.25, 0.3) is 0 Å². The Morgan fingerprint density at radius 3 is 2.78 bits per heavy atom. The van der Waals surface area contributed by atoms with Crippen molar-refractivity contribution in [3.05, 3.63) is 53.2 Å². The first-order valence-corrected chi connectivity index (χ1v) is 12.6. The minimum atomic E-state index is -1.01. The molecule has 1 aromatic heterocycles. The number of aromatic nitrogens is 2. The molecule has 1 saturated heterocycles. The zero-order chi connectivity index (χ0) is 25.5. The lowest BCUT2D eigenvalue weighted by Crippen LogP contribution is -2.45. The molecule has 8 nitrogen and oxygen atoms in total. The number of rotatable bonds is 7. The summed E-state index contributed by atoms with van der Waals surface area (Å²) in [7, 11) is 0. The Morgan fingerprint density at radius 2 is 2.08 bits per heavy atom. The van der Waals surface area contributed by atoms with E-state index >= 15 is 4.39 Å². The van der Waals surface area contributed by atoms with Gasteiger partial charge in [0.15, 0.2) is 17.6 Å². The van der Waals surface area contributed by atoms with Crippen LogP contribution >= 0.6 is 11.8 Å². The smallest absolute Gasteiger partial charge is 0.239 e. The molecule has 3 heterocycles. The van der Waals surface area contributed by atoms with Crippen LogP contribution < -0.4 is 10.5 Å². The lowest BCUT2D eigenvalue weighted by Gasteiger charge is -2.35. The Balaban J connectivity index is 1.38. The van der Waals surface area contributed by atoms with E-state index in [9.17, 15) is 9.59 Å². The number of Topliss-reactive ketones (excluding diaryl/α,β-unsaturated/α-hetero) is 1. The fourth-order valence-electron chi connectivity index (χ4n) is 5.24. The second kappa shape index (κ2) is 9.21. The van der Waals surface area contributed by atoms with Crippen molar-refractivity contribution in [2.24, 2.45) is 16.6 Å². The molecular weight excluding hydrogens is 481 g/mol. The van der Waals surface area contributed by atoms with Gasteiger partial charge in [-0.25, -0.2) is 14.4 Å². The van der Waals surface area contributed by atoms with Crippen molar-refractivity contribution in [3.63, 3.8) is 0 Å². The van der Waals surface area contributed by atoms with Gasteiger partial charge in [-0.2, -0.15) is 0 Å². The number of thioether (sulfide) groups is 1. The lowest BCUT2D eigenvalue weighted by atomic mass is 9.84. The molecule has 2 aromatic rings. The number of fused-ring (bicyclic) bond motifs is 1. The van der Waals surface area contributed by atoms with E-state index in [1.807, 2.05) is 11.8 Å². The third-order valence-corrected chi connectivity index (χ3v) is 8.42. The van der Waals surface area contributed by atoms with E-state index < -0.39 is 16.1 Å². The number of amidine groups is 1. The zero-order valence-corrected chi connectivity index (χ0v) is 20.7. The quantitative estimate of drug-likeness (QED) is 0.453. The van der Waals surface area contributed by atoms with Crippen LogP contribution in [0.1, 0.15) is 47.8 Å². The van der Waals surface area contributed by atoms with Crippen LogP contribution in [-0.4, -0.2) is 56.2 Å². The van der Waals surface area contributed by atoms with E-state index in [2.05, 4.69) is 20.9 Å². The monoisotopic (exact) mass is 507 g/mol. The van der Waals surface area contributed by atoms with Gasteiger partial charge in [0.1, 0.15) is 16.3 Å². The molecule has 0 radical (unpaired) electrons. The second-order valence-corrected chi connectivity index (χ2v) is 10.8. The average molecular weight is 508 g/mol. The molecule has 1 aromatic carbocycles. The topological polar surface area (TPSA) is 111 Å². The molecule has 0 unspecified atom stereocenters. The lowest BCUT2D eigenvalue weighted by molar-refractivity contribution is -0.130. The highest BCUT2D eigenvalue weighted by molar-refractivity contribution is 8.15. The molecule has 10 heteroatoms. The van der Waals surface area contributed by atoms with Crippen LogP contribution in [0, 0.1) is 24.1 Å². The van der Waals surface area contributed by atoms with E-state index in [1.54, 1.807) is 12.1 Å². The SMILES string of the molecule is C#CCOc1cnc(C(=O)Cc2ccc(F)c([C@@]3(C)N=C(N)S[C@@]4(C(=O)N5CCCC5)C[C@H]43)c2)cn1. The van der Waals surface area contributed by atoms with Gasteiger partial charge < -0.3 is 15.4 Å². The van der Waals surface area contributed by atoms with Crippen molar-refractivity contribution in [3.8, 4) is 18.2 Å². The number of terminal acetylenes is 1. The molecule has 0 spiro atoms. The third kappa shape index (κ3) is 4.22. The van der Waals surface area contributed by atoms with Crippen molar-refractivity contribution in [2.45, 2.75) is 42.9 Å². The van der Waals surface area contributed by atoms with Gasteiger partial charge in [-0.3, -0.25) is 14.6 Å². The van der Waals surface area contributed by atoms with Crippen LogP contribution in [0.5, 0.6) is 5.88 Å². The summed E-state index contributed by atoms with van der Waals surface area (Å²) in [5, 5.41) is 0.280. The Bertz CT molecular complexity index is 1290. The molecule has 1 amide bonds. The molecule has 2 aliphatic heterocycles. The first-order valence-electron chi connectivity index (χ1n) is 11.8. The van der Waals surface area contributed by atoms with E-state index in [1.165, 1.54) is 30.2 Å². The zero-order valence-electron chi connectivity index (χ0n) is 19.9. The van der Waals surface area contributed by atoms with Crippen LogP contribution in [0.4, 0.5) is 4.39 Å². The normalized spacial score (nSPS) is 26.5. The van der Waals surface area contributed by atoms with Crippen molar-refractivity contribution < 1.29 is 18.7 Å². The maximum absolute atomic E-state index is 15.2. The van der Waals surface area contributed by atoms with Crippen LogP contribution in [-0.2, 0) is 16.8 Å². The summed E-state index contributed by atoms with van der Waals surface area (Å²) in [4.78, 5) is 40.9. The molecule has 5 rings (SSSR count). The Morgan fingerprint density at radius 1 is 1.31 bits per heavy atom. The molecule has 2 N–H and O–H groups in total. The van der Waals surface area contributed by atoms with E-state index in [4.69, 9.17) is 16.9 Å². The van der Waals surface area contributed by atoms with E-state index in [-0.39, 0.29) is 47.4 Å². The van der Waals surface area contributed by atoms with Gasteiger partial charge in [0.2, 0.25) is 11.8 Å². The number of carbonyl (C=O) groups is 2. The van der Waals surface area contributed by atoms with Crippen molar-refractivity contribution in [1.82, 2.24) is 14.9 Å². The summed E-state index contributed by atoms with van der Waals surface area (Å²) in [5.41, 5.74) is 6.30. The van der Waals surface area contributed by atoms with Crippen LogP contribution in [0.3, 0.4) is 0 Å². The predicted molar refractivity (Wildman–Crippen MR) is 134 cm³/mol. The first kappa shape index (κ1) is 24.3. The molecule has 186 valence electrons. The van der Waals surface area contributed by atoms with Gasteiger partial charge in [-0.1, -0.05) is 23.7 Å². The molecule has 2 fully saturated rings. The molecule has 0 bridgehead atoms. The molecule has 1 aliphatic carbocycles. The van der Waals surface area contributed by atoms with Crippen molar-refractivity contribution in [2.75, 3.05) is 19.7 Å². The number of likely N-dealkylation sites (tertiary alicyclic amines) is 1. The second-order valence-electron chi connectivity index (χ2n) is 9.49. The number of ether oxygens (including phenoxy) is 1. The number of carbonyl (C=O) groups excluding carboxylic acids is 2. The average Bonchev–Trinajstić information content (AvgIpc) is 3.37. The highest BCUT2D eigenvalue weighted by atomic mass is 32.2. The number of benzene rings is 1. The number of aliphatic imine (C=N–C) groups is 1. The number of hydrogen-bond donors (Lipinski definition) is 1. The third-order valence-electron chi connectivity index (χ3n) is 7.13. The minimum Gasteiger partial charge on any atom is -0.463 e. The molecule has 3 atom stereocenters.